The molecule has 4 rings (SSSR count). The fraction of sp³-hybridized carbons (Fsp3) is 0.333. The highest BCUT2D eigenvalue weighted by molar-refractivity contribution is 5.92. The van der Waals surface area contributed by atoms with Crippen molar-refractivity contribution in [2.45, 2.75) is 51.1 Å². The van der Waals surface area contributed by atoms with E-state index in [1.165, 1.54) is 24.3 Å². The van der Waals surface area contributed by atoms with Gasteiger partial charge in [0.25, 0.3) is 0 Å². The lowest BCUT2D eigenvalue weighted by Crippen LogP contribution is -2.56. The predicted molar refractivity (Wildman–Crippen MR) is 146 cm³/mol. The minimum Gasteiger partial charge on any atom is -0.388 e. The van der Waals surface area contributed by atoms with Gasteiger partial charge in [-0.1, -0.05) is 24.3 Å². The smallest absolute Gasteiger partial charge is 0.388 e. The van der Waals surface area contributed by atoms with E-state index < -0.39 is 23.4 Å². The van der Waals surface area contributed by atoms with Crippen molar-refractivity contribution < 1.29 is 23.1 Å². The molecule has 6 nitrogen and oxygen atoms in total. The number of carbonyl (C=O) groups is 1. The number of benzene rings is 2. The minimum absolute atomic E-state index is 0.266. The van der Waals surface area contributed by atoms with Gasteiger partial charge in [-0.25, -0.2) is 0 Å². The third-order valence-corrected chi connectivity index (χ3v) is 7.15. The lowest BCUT2D eigenvalue weighted by molar-refractivity contribution is -0.138. The van der Waals surface area contributed by atoms with E-state index in [0.29, 0.717) is 31.5 Å². The lowest BCUT2D eigenvalue weighted by Gasteiger charge is -2.43. The van der Waals surface area contributed by atoms with Crippen molar-refractivity contribution in [2.24, 2.45) is 0 Å². The van der Waals surface area contributed by atoms with Crippen LogP contribution in [-0.2, 0) is 17.5 Å². The van der Waals surface area contributed by atoms with Crippen LogP contribution in [0.25, 0.3) is 6.08 Å². The molecule has 1 aliphatic rings. The molecule has 1 atom stereocenters. The second-order valence-corrected chi connectivity index (χ2v) is 9.96. The highest BCUT2D eigenvalue weighted by Crippen LogP contribution is 2.30. The molecule has 0 aliphatic carbocycles. The van der Waals surface area contributed by atoms with Crippen molar-refractivity contribution in [3.05, 3.63) is 95.3 Å². The van der Waals surface area contributed by atoms with Crippen LogP contribution in [0.5, 0.6) is 0 Å². The molecule has 0 bridgehead atoms. The van der Waals surface area contributed by atoms with Gasteiger partial charge >= 0.3 is 6.18 Å². The molecule has 1 amide bonds. The van der Waals surface area contributed by atoms with Gasteiger partial charge in [-0.2, -0.15) is 13.2 Å². The number of nitrogens with one attached hydrogen (secondary N) is 2. The number of aliphatic hydroxyl groups is 1. The second kappa shape index (κ2) is 12.0. The maximum atomic E-state index is 13.4. The lowest BCUT2D eigenvalue weighted by atomic mass is 9.84. The average Bonchev–Trinajstić information content (AvgIpc) is 2.91. The number of halogens is 3. The molecule has 2 aromatic carbocycles. The zero-order valence-electron chi connectivity index (χ0n) is 22.0. The van der Waals surface area contributed by atoms with Crippen LogP contribution in [0.3, 0.4) is 0 Å². The Morgan fingerprint density at radius 3 is 2.38 bits per heavy atom. The topological polar surface area (TPSA) is 77.5 Å². The monoisotopic (exact) mass is 538 g/mol. The zero-order valence-corrected chi connectivity index (χ0v) is 22.0. The van der Waals surface area contributed by atoms with Gasteiger partial charge < -0.3 is 20.6 Å². The van der Waals surface area contributed by atoms with Crippen molar-refractivity contribution >= 4 is 23.4 Å². The molecule has 3 aromatic rings. The number of alkyl halides is 3. The fourth-order valence-corrected chi connectivity index (χ4v) is 4.70. The first-order chi connectivity index (χ1) is 18.5. The Morgan fingerprint density at radius 2 is 1.77 bits per heavy atom. The maximum absolute atomic E-state index is 13.4. The van der Waals surface area contributed by atoms with Crippen molar-refractivity contribution in [3.63, 3.8) is 0 Å². The molecule has 0 radical (unpaired) electrons. The van der Waals surface area contributed by atoms with E-state index in [1.807, 2.05) is 50.2 Å². The normalized spacial score (nSPS) is 16.2. The number of amides is 1. The first-order valence-corrected chi connectivity index (χ1v) is 12.9. The van der Waals surface area contributed by atoms with Crippen LogP contribution in [0.4, 0.5) is 24.5 Å². The van der Waals surface area contributed by atoms with E-state index in [2.05, 4.69) is 15.6 Å². The van der Waals surface area contributed by atoms with E-state index in [1.54, 1.807) is 11.1 Å². The van der Waals surface area contributed by atoms with Gasteiger partial charge in [0.15, 0.2) is 0 Å². The van der Waals surface area contributed by atoms with Crippen LogP contribution in [0, 0.1) is 6.92 Å². The molecular weight excluding hydrogens is 505 g/mol. The largest absolute Gasteiger partial charge is 0.416 e. The Kier molecular flexibility index (Phi) is 8.72. The summed E-state index contributed by atoms with van der Waals surface area (Å²) in [4.78, 5) is 19.3. The van der Waals surface area contributed by atoms with Gasteiger partial charge in [-0.3, -0.25) is 9.78 Å². The first kappa shape index (κ1) is 28.3. The third-order valence-electron chi connectivity index (χ3n) is 7.15. The van der Waals surface area contributed by atoms with Crippen molar-refractivity contribution in [1.29, 1.82) is 0 Å². The molecule has 1 aromatic heterocycles. The Balaban J connectivity index is 1.52. The summed E-state index contributed by atoms with van der Waals surface area (Å²) >= 11 is 0. The number of pyridine rings is 1. The fourth-order valence-electron chi connectivity index (χ4n) is 4.70. The van der Waals surface area contributed by atoms with Crippen LogP contribution >= 0.6 is 0 Å². The van der Waals surface area contributed by atoms with Crippen molar-refractivity contribution in [1.82, 2.24) is 15.2 Å². The van der Waals surface area contributed by atoms with Crippen molar-refractivity contribution in [2.75, 3.05) is 18.4 Å². The Labute approximate surface area is 226 Å². The molecule has 206 valence electrons. The summed E-state index contributed by atoms with van der Waals surface area (Å²) < 4.78 is 38.7. The van der Waals surface area contributed by atoms with Gasteiger partial charge in [0.2, 0.25) is 5.91 Å². The standard InChI is InChI=1S/C30H33F3N4O2/c1-21-19-27(13-16-35-21)36-26-10-5-24(6-11-26)20-37(22(2)29(39)14-17-34-18-15-29)28(38)12-7-23-3-8-25(9-4-23)30(31,32)33/h3-13,16,19,22,34,39H,14-15,17-18,20H2,1-2H3,(H,35,36). The SMILES string of the molecule is Cc1cc(Nc2ccc(CN(C(=O)C=Cc3ccc(C(F)(F)F)cc3)C(C)C3(O)CCNCC3)cc2)ccn1. The predicted octanol–water partition coefficient (Wildman–Crippen LogP) is 5.70. The number of hydrogen-bond donors (Lipinski definition) is 3. The molecular formula is C30H33F3N4O2. The Hall–Kier alpha value is -3.69. The summed E-state index contributed by atoms with van der Waals surface area (Å²) in [5, 5.41) is 17.9. The van der Waals surface area contributed by atoms with Crippen LogP contribution in [0.1, 0.15) is 42.1 Å². The number of nitrogens with zero attached hydrogens (tertiary/aromatic N) is 2. The van der Waals surface area contributed by atoms with Gasteiger partial charge in [-0.05, 0) is 93.4 Å². The molecule has 1 aliphatic heterocycles. The molecule has 3 N–H and O–H groups in total. The van der Waals surface area contributed by atoms with Gasteiger partial charge in [0.05, 0.1) is 17.2 Å². The number of hydrogen-bond acceptors (Lipinski definition) is 5. The molecule has 1 unspecified atom stereocenters. The van der Waals surface area contributed by atoms with E-state index in [0.717, 1.165) is 34.8 Å². The first-order valence-electron chi connectivity index (χ1n) is 12.9. The number of aryl methyl sites for hydroxylation is 1. The van der Waals surface area contributed by atoms with Crippen LogP contribution in [0.15, 0.2) is 72.9 Å². The van der Waals surface area contributed by atoms with E-state index in [-0.39, 0.29) is 12.5 Å². The number of piperidine rings is 1. The molecule has 1 saturated heterocycles. The zero-order chi connectivity index (χ0) is 28.0. The molecule has 39 heavy (non-hydrogen) atoms. The van der Waals surface area contributed by atoms with Crippen LogP contribution in [0.2, 0.25) is 0 Å². The minimum atomic E-state index is -4.42. The number of rotatable bonds is 8. The molecule has 0 saturated carbocycles. The van der Waals surface area contributed by atoms with E-state index >= 15 is 0 Å². The Morgan fingerprint density at radius 1 is 1.10 bits per heavy atom. The highest BCUT2D eigenvalue weighted by Gasteiger charge is 2.39. The number of aromatic nitrogens is 1. The van der Waals surface area contributed by atoms with E-state index in [4.69, 9.17) is 0 Å². The molecule has 2 heterocycles. The van der Waals surface area contributed by atoms with Crippen LogP contribution < -0.4 is 10.6 Å². The summed E-state index contributed by atoms with van der Waals surface area (Å²) in [6.07, 6.45) is 1.19. The maximum Gasteiger partial charge on any atom is 0.416 e. The average molecular weight is 539 g/mol. The summed E-state index contributed by atoms with van der Waals surface area (Å²) in [6, 6.07) is 15.7. The van der Waals surface area contributed by atoms with Crippen LogP contribution in [-0.4, -0.2) is 45.6 Å². The summed E-state index contributed by atoms with van der Waals surface area (Å²) in [7, 11) is 0. The number of carbonyl (C=O) groups excluding carboxylic acids is 1. The quantitative estimate of drug-likeness (QED) is 0.321. The molecule has 9 heteroatoms. The third kappa shape index (κ3) is 7.46. The summed E-state index contributed by atoms with van der Waals surface area (Å²) in [6.45, 7) is 5.33. The van der Waals surface area contributed by atoms with Gasteiger partial charge in [-0.15, -0.1) is 0 Å². The Bertz CT molecular complexity index is 1280. The van der Waals surface area contributed by atoms with Gasteiger partial charge in [0, 0.05) is 35.9 Å². The second-order valence-electron chi connectivity index (χ2n) is 9.96. The molecule has 0 spiro atoms. The highest BCUT2D eigenvalue weighted by atomic mass is 19.4. The van der Waals surface area contributed by atoms with Crippen molar-refractivity contribution in [3.8, 4) is 0 Å². The van der Waals surface area contributed by atoms with Gasteiger partial charge in [0.1, 0.15) is 0 Å². The van der Waals surface area contributed by atoms with E-state index in [9.17, 15) is 23.1 Å². The summed E-state index contributed by atoms with van der Waals surface area (Å²) in [5.41, 5.74) is 2.27. The number of anilines is 2. The molecule has 1 fully saturated rings. The summed E-state index contributed by atoms with van der Waals surface area (Å²) in [5.74, 6) is -0.330.